The number of non-ortho nitro benzene ring substituents is 1. The van der Waals surface area contributed by atoms with Gasteiger partial charge in [0.2, 0.25) is 0 Å². The number of rotatable bonds is 5. The molecular formula is C12H15NO3S. The van der Waals surface area contributed by atoms with Gasteiger partial charge in [0, 0.05) is 34.9 Å². The summed E-state index contributed by atoms with van der Waals surface area (Å²) < 4.78 is 11.3. The normalized spacial score (nSPS) is 16.8. The average Bonchev–Trinajstić information content (AvgIpc) is 3.03. The summed E-state index contributed by atoms with van der Waals surface area (Å²) in [7, 11) is -0.965. The van der Waals surface area contributed by atoms with Crippen molar-refractivity contribution in [3.05, 3.63) is 39.4 Å². The van der Waals surface area contributed by atoms with E-state index in [4.69, 9.17) is 0 Å². The lowest BCUT2D eigenvalue weighted by Gasteiger charge is -2.07. The highest BCUT2D eigenvalue weighted by molar-refractivity contribution is 7.83. The molecule has 0 bridgehead atoms. The van der Waals surface area contributed by atoms with Gasteiger partial charge in [0.15, 0.2) is 0 Å². The van der Waals surface area contributed by atoms with Gasteiger partial charge in [-0.3, -0.25) is 14.3 Å². The van der Waals surface area contributed by atoms with Crippen molar-refractivity contribution in [3.63, 3.8) is 0 Å². The van der Waals surface area contributed by atoms with E-state index < -0.39 is 15.7 Å². The molecule has 17 heavy (non-hydrogen) atoms. The van der Waals surface area contributed by atoms with E-state index in [0.717, 1.165) is 23.5 Å². The van der Waals surface area contributed by atoms with Crippen molar-refractivity contribution >= 4 is 16.5 Å². The molecule has 5 heteroatoms. The summed E-state index contributed by atoms with van der Waals surface area (Å²) in [5.41, 5.74) is 2.07. The van der Waals surface area contributed by atoms with Crippen molar-refractivity contribution < 1.29 is 9.13 Å². The molecule has 1 aliphatic rings. The molecule has 92 valence electrons. The maximum absolute atomic E-state index is 11.3. The third kappa shape index (κ3) is 3.36. The minimum absolute atomic E-state index is 0.0880. The first kappa shape index (κ1) is 12.2. The van der Waals surface area contributed by atoms with Crippen LogP contribution >= 0.6 is 0 Å². The van der Waals surface area contributed by atoms with Crippen molar-refractivity contribution in [3.8, 4) is 0 Å². The van der Waals surface area contributed by atoms with Gasteiger partial charge in [-0.1, -0.05) is 6.07 Å². The van der Waals surface area contributed by atoms with Gasteiger partial charge in [0.05, 0.1) is 4.92 Å². The van der Waals surface area contributed by atoms with Crippen LogP contribution in [0.2, 0.25) is 0 Å². The van der Waals surface area contributed by atoms with E-state index in [1.54, 1.807) is 18.4 Å². The molecular weight excluding hydrogens is 238 g/mol. The van der Waals surface area contributed by atoms with Gasteiger partial charge in [0.25, 0.3) is 5.69 Å². The van der Waals surface area contributed by atoms with Gasteiger partial charge in [-0.15, -0.1) is 0 Å². The smallest absolute Gasteiger partial charge is 0.260 e. The molecule has 0 aliphatic heterocycles. The third-order valence-corrected chi connectivity index (χ3v) is 3.68. The molecule has 1 fully saturated rings. The second kappa shape index (κ2) is 4.96. The predicted octanol–water partition coefficient (Wildman–Crippen LogP) is 2.43. The lowest BCUT2D eigenvalue weighted by atomic mass is 10.0. The highest BCUT2D eigenvalue weighted by Gasteiger charge is 2.23. The number of nitro groups is 1. The van der Waals surface area contributed by atoms with E-state index in [2.05, 4.69) is 0 Å². The van der Waals surface area contributed by atoms with Crippen LogP contribution in [0.4, 0.5) is 5.69 Å². The Bertz CT molecular complexity index is 469. The standard InChI is InChI=1S/C12H15NO3S/c1-17(16)8-11-7-12(13(14)15)5-4-10(11)6-9-2-3-9/h4-5,7,9H,2-3,6,8H2,1H3. The van der Waals surface area contributed by atoms with Crippen LogP contribution in [0.5, 0.6) is 0 Å². The fourth-order valence-corrected chi connectivity index (χ4v) is 2.62. The van der Waals surface area contributed by atoms with E-state index >= 15 is 0 Å². The molecule has 2 rings (SSSR count). The van der Waals surface area contributed by atoms with Crippen molar-refractivity contribution in [2.45, 2.75) is 25.0 Å². The molecule has 0 heterocycles. The number of hydrogen-bond acceptors (Lipinski definition) is 3. The first-order valence-electron chi connectivity index (χ1n) is 5.62. The Kier molecular flexibility index (Phi) is 3.57. The second-order valence-corrected chi connectivity index (χ2v) is 6.01. The fraction of sp³-hybridized carbons (Fsp3) is 0.500. The van der Waals surface area contributed by atoms with Crippen LogP contribution in [0.15, 0.2) is 18.2 Å². The first-order chi connectivity index (χ1) is 8.06. The van der Waals surface area contributed by atoms with Crippen LogP contribution in [-0.4, -0.2) is 15.4 Å². The Balaban J connectivity index is 2.28. The van der Waals surface area contributed by atoms with Crippen molar-refractivity contribution in [2.24, 2.45) is 5.92 Å². The summed E-state index contributed by atoms with van der Waals surface area (Å²) in [6, 6.07) is 4.93. The van der Waals surface area contributed by atoms with E-state index in [-0.39, 0.29) is 5.69 Å². The van der Waals surface area contributed by atoms with E-state index in [0.29, 0.717) is 5.75 Å². The van der Waals surface area contributed by atoms with Crippen LogP contribution in [0, 0.1) is 16.0 Å². The maximum atomic E-state index is 11.3. The summed E-state index contributed by atoms with van der Waals surface area (Å²) in [5, 5.41) is 10.7. The molecule has 1 unspecified atom stereocenters. The molecule has 0 saturated heterocycles. The Morgan fingerprint density at radius 2 is 2.12 bits per heavy atom. The zero-order valence-electron chi connectivity index (χ0n) is 9.72. The molecule has 0 aromatic heterocycles. The van der Waals surface area contributed by atoms with Crippen molar-refractivity contribution in [1.82, 2.24) is 0 Å². The van der Waals surface area contributed by atoms with E-state index in [9.17, 15) is 14.3 Å². The second-order valence-electron chi connectivity index (χ2n) is 4.58. The highest BCUT2D eigenvalue weighted by Crippen LogP contribution is 2.34. The van der Waals surface area contributed by atoms with Crippen LogP contribution in [0.1, 0.15) is 24.0 Å². The van der Waals surface area contributed by atoms with Gasteiger partial charge >= 0.3 is 0 Å². The molecule has 1 saturated carbocycles. The van der Waals surface area contributed by atoms with Crippen LogP contribution in [0.25, 0.3) is 0 Å². The molecule has 0 amide bonds. The Morgan fingerprint density at radius 3 is 2.65 bits per heavy atom. The predicted molar refractivity (Wildman–Crippen MR) is 67.3 cm³/mol. The van der Waals surface area contributed by atoms with Crippen LogP contribution < -0.4 is 0 Å². The minimum atomic E-state index is -0.965. The van der Waals surface area contributed by atoms with Crippen molar-refractivity contribution in [1.29, 1.82) is 0 Å². The number of nitro benzene ring substituents is 1. The molecule has 1 aliphatic carbocycles. The third-order valence-electron chi connectivity index (χ3n) is 2.96. The molecule has 1 aromatic carbocycles. The monoisotopic (exact) mass is 253 g/mol. The quantitative estimate of drug-likeness (QED) is 0.598. The maximum Gasteiger partial charge on any atom is 0.269 e. The fourth-order valence-electron chi connectivity index (χ4n) is 1.91. The number of nitrogens with zero attached hydrogens (tertiary/aromatic N) is 1. The summed E-state index contributed by atoms with van der Waals surface area (Å²) in [6.45, 7) is 0. The summed E-state index contributed by atoms with van der Waals surface area (Å²) in [6.07, 6.45) is 5.07. The Labute approximate surface area is 103 Å². The minimum Gasteiger partial charge on any atom is -0.260 e. The number of hydrogen-bond donors (Lipinski definition) is 0. The summed E-state index contributed by atoms with van der Waals surface area (Å²) >= 11 is 0. The topological polar surface area (TPSA) is 60.2 Å². The molecule has 4 nitrogen and oxygen atoms in total. The molecule has 0 spiro atoms. The SMILES string of the molecule is CS(=O)Cc1cc([N+](=O)[O-])ccc1CC1CC1. The highest BCUT2D eigenvalue weighted by atomic mass is 32.2. The molecule has 0 N–H and O–H groups in total. The van der Waals surface area contributed by atoms with Gasteiger partial charge < -0.3 is 0 Å². The van der Waals surface area contributed by atoms with Crippen molar-refractivity contribution in [2.75, 3.05) is 6.26 Å². The van der Waals surface area contributed by atoms with E-state index in [1.165, 1.54) is 12.8 Å². The lowest BCUT2D eigenvalue weighted by molar-refractivity contribution is -0.384. The molecule has 1 atom stereocenters. The Hall–Kier alpha value is -1.23. The zero-order chi connectivity index (χ0) is 12.4. The van der Waals surface area contributed by atoms with Gasteiger partial charge in [-0.05, 0) is 36.3 Å². The van der Waals surface area contributed by atoms with Crippen LogP contribution in [0.3, 0.4) is 0 Å². The van der Waals surface area contributed by atoms with E-state index in [1.807, 2.05) is 6.07 Å². The van der Waals surface area contributed by atoms with Gasteiger partial charge in [-0.25, -0.2) is 0 Å². The van der Waals surface area contributed by atoms with Crippen LogP contribution in [-0.2, 0) is 23.0 Å². The largest absolute Gasteiger partial charge is 0.269 e. The van der Waals surface area contributed by atoms with Gasteiger partial charge in [0.1, 0.15) is 0 Å². The first-order valence-corrected chi connectivity index (χ1v) is 7.35. The number of benzene rings is 1. The average molecular weight is 253 g/mol. The molecule has 1 aromatic rings. The van der Waals surface area contributed by atoms with Gasteiger partial charge in [-0.2, -0.15) is 0 Å². The zero-order valence-corrected chi connectivity index (χ0v) is 10.5. The summed E-state index contributed by atoms with van der Waals surface area (Å²) in [4.78, 5) is 10.3. The summed E-state index contributed by atoms with van der Waals surface area (Å²) in [5.74, 6) is 1.13. The Morgan fingerprint density at radius 1 is 1.41 bits per heavy atom. The molecule has 0 radical (unpaired) electrons. The lowest BCUT2D eigenvalue weighted by Crippen LogP contribution is -2.01.